The molecule has 1 aliphatic rings. The van der Waals surface area contributed by atoms with Gasteiger partial charge in [-0.25, -0.2) is 0 Å². The summed E-state index contributed by atoms with van der Waals surface area (Å²) >= 11 is 1.72. The molecular weight excluding hydrogens is 567 g/mol. The van der Waals surface area contributed by atoms with E-state index in [1.165, 1.54) is 11.1 Å². The fraction of sp³-hybridized carbons (Fsp3) is 0.286. The fourth-order valence-electron chi connectivity index (χ4n) is 4.66. The number of hydrogen-bond acceptors (Lipinski definition) is 9. The van der Waals surface area contributed by atoms with Gasteiger partial charge in [-0.3, -0.25) is 14.9 Å². The smallest absolute Gasteiger partial charge is 0.106 e. The van der Waals surface area contributed by atoms with Gasteiger partial charge in [0.25, 0.3) is 0 Å². The molecule has 9 heteroatoms. The molecule has 0 atom stereocenters. The highest BCUT2D eigenvalue weighted by molar-refractivity contribution is 8.00. The molecule has 3 heterocycles. The van der Waals surface area contributed by atoms with E-state index in [0.29, 0.717) is 17.4 Å². The molecule has 1 aliphatic heterocycles. The molecular formula is C35H45N7OS. The molecule has 0 aliphatic carbocycles. The number of likely N-dealkylation sites (tertiary alicyclic amines) is 1. The van der Waals surface area contributed by atoms with Crippen LogP contribution in [0.5, 0.6) is 0 Å². The van der Waals surface area contributed by atoms with Crippen LogP contribution < -0.4 is 21.5 Å². The Kier molecular flexibility index (Phi) is 14.4. The van der Waals surface area contributed by atoms with E-state index in [2.05, 4.69) is 76.7 Å². The second-order valence-corrected chi connectivity index (χ2v) is 11.6. The minimum atomic E-state index is 0.384. The topological polar surface area (TPSA) is 122 Å². The van der Waals surface area contributed by atoms with E-state index in [9.17, 15) is 0 Å². The third-order valence-corrected chi connectivity index (χ3v) is 7.78. The highest BCUT2D eigenvalue weighted by Gasteiger charge is 2.17. The Morgan fingerprint density at radius 2 is 1.64 bits per heavy atom. The number of anilines is 3. The Morgan fingerprint density at radius 3 is 2.23 bits per heavy atom. The van der Waals surface area contributed by atoms with Crippen LogP contribution in [0.15, 0.2) is 91.6 Å². The first-order valence-electron chi connectivity index (χ1n) is 14.8. The molecule has 0 spiro atoms. The van der Waals surface area contributed by atoms with Crippen LogP contribution in [0, 0.1) is 6.92 Å². The molecule has 0 saturated carbocycles. The first-order chi connectivity index (χ1) is 21.4. The van der Waals surface area contributed by atoms with Crippen LogP contribution in [0.3, 0.4) is 0 Å². The number of nitrogens with zero attached hydrogens (tertiary/aromatic N) is 3. The van der Waals surface area contributed by atoms with E-state index in [1.807, 2.05) is 49.3 Å². The molecule has 2 aromatic carbocycles. The van der Waals surface area contributed by atoms with Crippen molar-refractivity contribution in [1.29, 1.82) is 0 Å². The summed E-state index contributed by atoms with van der Waals surface area (Å²) in [4.78, 5) is 19.5. The maximum Gasteiger partial charge on any atom is 0.106 e. The Balaban J connectivity index is 0.000000251. The van der Waals surface area contributed by atoms with Crippen LogP contribution in [-0.4, -0.2) is 46.5 Å². The Morgan fingerprint density at radius 1 is 0.955 bits per heavy atom. The molecule has 0 amide bonds. The predicted molar refractivity (Wildman–Crippen MR) is 187 cm³/mol. The molecule has 1 saturated heterocycles. The quantitative estimate of drug-likeness (QED) is 0.148. The molecule has 5 rings (SSSR count). The van der Waals surface area contributed by atoms with Crippen molar-refractivity contribution in [2.75, 3.05) is 28.9 Å². The van der Waals surface area contributed by atoms with E-state index >= 15 is 0 Å². The van der Waals surface area contributed by atoms with Crippen molar-refractivity contribution in [2.45, 2.75) is 45.7 Å². The molecule has 2 aromatic heterocycles. The number of aryl methyl sites for hydroxylation is 1. The van der Waals surface area contributed by atoms with Crippen LogP contribution in [0.1, 0.15) is 48.0 Å². The number of pyridine rings is 2. The number of nitrogens with two attached hydrogens (primary N) is 2. The zero-order chi connectivity index (χ0) is 31.7. The van der Waals surface area contributed by atoms with Crippen LogP contribution in [0.2, 0.25) is 0 Å². The second kappa shape index (κ2) is 18.5. The summed E-state index contributed by atoms with van der Waals surface area (Å²) in [6.07, 6.45) is 4.82. The largest absolute Gasteiger partial charge is 0.397 e. The molecule has 8 nitrogen and oxygen atoms in total. The minimum absolute atomic E-state index is 0.384. The summed E-state index contributed by atoms with van der Waals surface area (Å²) in [6.45, 7) is 13.1. The summed E-state index contributed by atoms with van der Waals surface area (Å²) in [6, 6.07) is 27.1. The number of nitrogens with one attached hydrogen (secondary N) is 2. The van der Waals surface area contributed by atoms with E-state index in [0.717, 1.165) is 73.1 Å². The van der Waals surface area contributed by atoms with Crippen molar-refractivity contribution < 1.29 is 4.79 Å². The van der Waals surface area contributed by atoms with E-state index in [4.69, 9.17) is 21.2 Å². The summed E-state index contributed by atoms with van der Waals surface area (Å²) in [7, 11) is 0. The van der Waals surface area contributed by atoms with Gasteiger partial charge in [-0.05, 0) is 86.4 Å². The number of aromatic nitrogens is 2. The molecule has 0 bridgehead atoms. The summed E-state index contributed by atoms with van der Waals surface area (Å²) < 4.78 is 3.33. The van der Waals surface area contributed by atoms with Crippen molar-refractivity contribution in [3.8, 4) is 0 Å². The van der Waals surface area contributed by atoms with Gasteiger partial charge in [-0.1, -0.05) is 61.8 Å². The number of carbonyl (C=O) groups is 1. The number of hydrogen-bond donors (Lipinski definition) is 4. The van der Waals surface area contributed by atoms with Gasteiger partial charge < -0.3 is 26.3 Å². The molecule has 0 radical (unpaired) electrons. The van der Waals surface area contributed by atoms with Gasteiger partial charge in [0, 0.05) is 47.5 Å². The normalized spacial score (nSPS) is 13.1. The SMILES string of the molecule is C=C(N)c1ccc(Nc2ccccc2)cn1.C=O.CCSNc1ccc(Cc2ccc(CN3CCC(N)CC3)c(C)n2)cc1. The van der Waals surface area contributed by atoms with Crippen LogP contribution >= 0.6 is 11.9 Å². The Bertz CT molecular complexity index is 1410. The lowest BCUT2D eigenvalue weighted by Crippen LogP contribution is -2.39. The molecule has 0 unspecified atom stereocenters. The van der Waals surface area contributed by atoms with Crippen molar-refractivity contribution in [1.82, 2.24) is 14.9 Å². The van der Waals surface area contributed by atoms with Crippen LogP contribution in [0.25, 0.3) is 5.70 Å². The number of para-hydroxylation sites is 1. The van der Waals surface area contributed by atoms with Crippen molar-refractivity contribution in [2.24, 2.45) is 11.5 Å². The van der Waals surface area contributed by atoms with Crippen molar-refractivity contribution in [3.05, 3.63) is 120 Å². The van der Waals surface area contributed by atoms with E-state index < -0.39 is 0 Å². The van der Waals surface area contributed by atoms with E-state index in [1.54, 1.807) is 18.1 Å². The maximum atomic E-state index is 8.00. The van der Waals surface area contributed by atoms with E-state index in [-0.39, 0.29) is 0 Å². The zero-order valence-corrected chi connectivity index (χ0v) is 26.7. The lowest BCUT2D eigenvalue weighted by atomic mass is 10.0. The molecule has 4 aromatic rings. The third kappa shape index (κ3) is 11.5. The summed E-state index contributed by atoms with van der Waals surface area (Å²) in [5, 5.41) is 3.24. The third-order valence-electron chi connectivity index (χ3n) is 7.11. The lowest BCUT2D eigenvalue weighted by molar-refractivity contribution is -0.0980. The first-order valence-corrected chi connectivity index (χ1v) is 15.8. The Hall–Kier alpha value is -4.18. The zero-order valence-electron chi connectivity index (χ0n) is 25.8. The summed E-state index contributed by atoms with van der Waals surface area (Å²) in [5.74, 6) is 1.06. The number of rotatable bonds is 10. The summed E-state index contributed by atoms with van der Waals surface area (Å²) in [5.41, 5.74) is 20.7. The van der Waals surface area contributed by atoms with Crippen LogP contribution in [0.4, 0.5) is 17.1 Å². The highest BCUT2D eigenvalue weighted by atomic mass is 32.2. The Labute approximate surface area is 266 Å². The van der Waals surface area contributed by atoms with Gasteiger partial charge in [-0.15, -0.1) is 0 Å². The molecule has 44 heavy (non-hydrogen) atoms. The van der Waals surface area contributed by atoms with Gasteiger partial charge >= 0.3 is 0 Å². The predicted octanol–water partition coefficient (Wildman–Crippen LogP) is 6.55. The van der Waals surface area contributed by atoms with Gasteiger partial charge in [-0.2, -0.15) is 0 Å². The van der Waals surface area contributed by atoms with Gasteiger partial charge in [0.05, 0.1) is 23.3 Å². The van der Waals surface area contributed by atoms with Crippen molar-refractivity contribution in [3.63, 3.8) is 0 Å². The number of piperidine rings is 1. The fourth-order valence-corrected chi connectivity index (χ4v) is 5.11. The monoisotopic (exact) mass is 611 g/mol. The number of carbonyl (C=O) groups excluding carboxylic acids is 1. The average molecular weight is 612 g/mol. The van der Waals surface area contributed by atoms with Crippen LogP contribution in [-0.2, 0) is 17.8 Å². The molecule has 1 fully saturated rings. The first kappa shape index (κ1) is 34.3. The van der Waals surface area contributed by atoms with Gasteiger partial charge in [0.1, 0.15) is 6.79 Å². The maximum absolute atomic E-state index is 8.00. The standard InChI is InChI=1S/C21H30N4S.C13H13N3.CH2O/c1-3-26-24-20-7-4-17(5-8-20)14-21-9-6-18(16(2)23-21)15-25-12-10-19(22)11-13-25;1-10(14)13-8-7-12(9-15-13)16-11-5-3-2-4-6-11;1-2/h4-9,19,24H,3,10-15,22H2,1-2H3;2-9,16H,1,14H2;1H2. The van der Waals surface area contributed by atoms with Crippen molar-refractivity contribution >= 4 is 41.5 Å². The van der Waals surface area contributed by atoms with Gasteiger partial charge in [0.2, 0.25) is 0 Å². The van der Waals surface area contributed by atoms with Gasteiger partial charge in [0.15, 0.2) is 0 Å². The highest BCUT2D eigenvalue weighted by Crippen LogP contribution is 2.19. The average Bonchev–Trinajstić information content (AvgIpc) is 3.05. The second-order valence-electron chi connectivity index (χ2n) is 10.5. The molecule has 232 valence electrons. The number of benzene rings is 2. The lowest BCUT2D eigenvalue weighted by Gasteiger charge is -2.30. The molecule has 6 N–H and O–H groups in total. The minimum Gasteiger partial charge on any atom is -0.397 e.